The van der Waals surface area contributed by atoms with Crippen LogP contribution in [0.2, 0.25) is 10.0 Å². The van der Waals surface area contributed by atoms with E-state index in [1.165, 1.54) is 6.07 Å². The molecule has 0 saturated carbocycles. The molecule has 0 radical (unpaired) electrons. The second-order valence-electron chi connectivity index (χ2n) is 7.37. The van der Waals surface area contributed by atoms with E-state index in [9.17, 15) is 9.59 Å². The van der Waals surface area contributed by atoms with Crippen LogP contribution in [0, 0.1) is 6.92 Å². The zero-order valence-electron chi connectivity index (χ0n) is 17.7. The average molecular weight is 487 g/mol. The number of hydrazone groups is 1. The van der Waals surface area contributed by atoms with E-state index in [1.807, 2.05) is 6.07 Å². The van der Waals surface area contributed by atoms with Crippen molar-refractivity contribution in [1.82, 2.24) is 5.43 Å². The third-order valence-electron chi connectivity index (χ3n) is 5.03. The lowest BCUT2D eigenvalue weighted by Gasteiger charge is -2.13. The number of fused-ring (bicyclic) bond motifs is 1. The van der Waals surface area contributed by atoms with Crippen LogP contribution < -0.4 is 14.9 Å². The largest absolute Gasteiger partial charge is 0.482 e. The van der Waals surface area contributed by atoms with E-state index in [-0.39, 0.29) is 12.4 Å². The van der Waals surface area contributed by atoms with Crippen molar-refractivity contribution < 1.29 is 23.5 Å². The standard InChI is InChI=1S/C24H20Cl2N2O5/c1-14-22-18(27-28-21(29)13-31-19-11-10-15(25)12-17(19)26)8-5-9-20(22)33-23(14)24(30)32-16-6-3-2-4-7-16/h2-4,6-7,10-12H,5,8-9,13H2,1H3,(H,28,29)/b27-18+. The number of esters is 1. The third-order valence-corrected chi connectivity index (χ3v) is 5.56. The Bertz CT molecular complexity index is 1220. The molecule has 2 aromatic carbocycles. The summed E-state index contributed by atoms with van der Waals surface area (Å²) in [6.07, 6.45) is 2.07. The van der Waals surface area contributed by atoms with Crippen LogP contribution in [0.25, 0.3) is 0 Å². The first-order chi connectivity index (χ1) is 15.9. The smallest absolute Gasteiger partial charge is 0.379 e. The summed E-state index contributed by atoms with van der Waals surface area (Å²) in [7, 11) is 0. The van der Waals surface area contributed by atoms with Crippen molar-refractivity contribution in [2.24, 2.45) is 5.10 Å². The maximum atomic E-state index is 12.6. The highest BCUT2D eigenvalue weighted by atomic mass is 35.5. The summed E-state index contributed by atoms with van der Waals surface area (Å²) < 4.78 is 16.7. The number of nitrogens with zero attached hydrogens (tertiary/aromatic N) is 1. The molecule has 1 aromatic heterocycles. The average Bonchev–Trinajstić information content (AvgIpc) is 3.15. The van der Waals surface area contributed by atoms with Gasteiger partial charge in [-0.1, -0.05) is 41.4 Å². The first-order valence-corrected chi connectivity index (χ1v) is 11.0. The second kappa shape index (κ2) is 10.1. The van der Waals surface area contributed by atoms with E-state index >= 15 is 0 Å². The van der Waals surface area contributed by atoms with Gasteiger partial charge in [-0.25, -0.2) is 10.2 Å². The van der Waals surface area contributed by atoms with Crippen LogP contribution >= 0.6 is 23.2 Å². The van der Waals surface area contributed by atoms with Gasteiger partial charge in [0.2, 0.25) is 5.76 Å². The van der Waals surface area contributed by atoms with Crippen LogP contribution in [0.3, 0.4) is 0 Å². The molecule has 1 aliphatic rings. The minimum atomic E-state index is -0.579. The molecule has 9 heteroatoms. The molecular weight excluding hydrogens is 467 g/mol. The van der Waals surface area contributed by atoms with Crippen LogP contribution in [0.5, 0.6) is 11.5 Å². The number of carbonyl (C=O) groups is 2. The number of aryl methyl sites for hydroxylation is 1. The predicted octanol–water partition coefficient (Wildman–Crippen LogP) is 5.35. The Hall–Kier alpha value is -3.29. The van der Waals surface area contributed by atoms with Crippen molar-refractivity contribution >= 4 is 40.8 Å². The van der Waals surface area contributed by atoms with E-state index in [2.05, 4.69) is 10.5 Å². The van der Waals surface area contributed by atoms with Crippen LogP contribution in [0.1, 0.15) is 40.3 Å². The van der Waals surface area contributed by atoms with Crippen molar-refractivity contribution in [3.05, 3.63) is 81.2 Å². The van der Waals surface area contributed by atoms with Gasteiger partial charge in [-0.3, -0.25) is 4.79 Å². The Labute approximate surface area is 200 Å². The highest BCUT2D eigenvalue weighted by molar-refractivity contribution is 6.35. The summed E-state index contributed by atoms with van der Waals surface area (Å²) >= 11 is 11.9. The maximum absolute atomic E-state index is 12.6. The van der Waals surface area contributed by atoms with E-state index in [0.29, 0.717) is 51.4 Å². The molecule has 170 valence electrons. The topological polar surface area (TPSA) is 90.1 Å². The van der Waals surface area contributed by atoms with Crippen LogP contribution in [0.15, 0.2) is 58.0 Å². The first kappa shape index (κ1) is 22.9. The number of carbonyl (C=O) groups excluding carboxylic acids is 2. The molecule has 0 aliphatic heterocycles. The molecular formula is C24H20Cl2N2O5. The summed E-state index contributed by atoms with van der Waals surface area (Å²) in [5.74, 6) is 0.519. The minimum absolute atomic E-state index is 0.130. The monoisotopic (exact) mass is 486 g/mol. The molecule has 33 heavy (non-hydrogen) atoms. The number of hydrogen-bond acceptors (Lipinski definition) is 6. The normalized spacial score (nSPS) is 14.0. The fourth-order valence-electron chi connectivity index (χ4n) is 3.51. The van der Waals surface area contributed by atoms with Crippen LogP contribution in [-0.4, -0.2) is 24.2 Å². The maximum Gasteiger partial charge on any atom is 0.379 e. The Balaban J connectivity index is 1.44. The fraction of sp³-hybridized carbons (Fsp3) is 0.208. The van der Waals surface area contributed by atoms with Gasteiger partial charge in [-0.15, -0.1) is 0 Å². The number of ether oxygens (including phenoxy) is 2. The Morgan fingerprint density at radius 2 is 1.91 bits per heavy atom. The van der Waals surface area contributed by atoms with E-state index < -0.39 is 11.9 Å². The van der Waals surface area contributed by atoms with Gasteiger partial charge in [-0.05, 0) is 50.1 Å². The molecule has 0 atom stereocenters. The van der Waals surface area contributed by atoms with Gasteiger partial charge < -0.3 is 13.9 Å². The molecule has 3 aromatic rings. The van der Waals surface area contributed by atoms with Gasteiger partial charge in [0.05, 0.1) is 10.7 Å². The second-order valence-corrected chi connectivity index (χ2v) is 8.21. The third kappa shape index (κ3) is 5.38. The number of furan rings is 1. The summed E-state index contributed by atoms with van der Waals surface area (Å²) in [6, 6.07) is 13.5. The first-order valence-electron chi connectivity index (χ1n) is 10.3. The highest BCUT2D eigenvalue weighted by Crippen LogP contribution is 2.31. The lowest BCUT2D eigenvalue weighted by molar-refractivity contribution is -0.123. The lowest BCUT2D eigenvalue weighted by atomic mass is 9.93. The van der Waals surface area contributed by atoms with Gasteiger partial charge in [0.15, 0.2) is 6.61 Å². The molecule has 0 fully saturated rings. The van der Waals surface area contributed by atoms with Gasteiger partial charge in [-0.2, -0.15) is 5.10 Å². The van der Waals surface area contributed by atoms with Crippen molar-refractivity contribution in [2.75, 3.05) is 6.61 Å². The SMILES string of the molecule is Cc1c(C(=O)Oc2ccccc2)oc2c1/C(=N/NC(=O)COc1ccc(Cl)cc1Cl)CCC2. The summed E-state index contributed by atoms with van der Waals surface area (Å²) in [5, 5.41) is 5.04. The number of amides is 1. The van der Waals surface area contributed by atoms with Gasteiger partial charge in [0.1, 0.15) is 17.3 Å². The van der Waals surface area contributed by atoms with E-state index in [4.69, 9.17) is 37.1 Å². The quantitative estimate of drug-likeness (QED) is 0.288. The molecule has 7 nitrogen and oxygen atoms in total. The molecule has 0 saturated heterocycles. The van der Waals surface area contributed by atoms with Crippen molar-refractivity contribution in [2.45, 2.75) is 26.2 Å². The zero-order valence-corrected chi connectivity index (χ0v) is 19.2. The van der Waals surface area contributed by atoms with Crippen molar-refractivity contribution in [3.63, 3.8) is 0 Å². The van der Waals surface area contributed by atoms with Crippen molar-refractivity contribution in [1.29, 1.82) is 0 Å². The molecule has 4 rings (SSSR count). The predicted molar refractivity (Wildman–Crippen MR) is 124 cm³/mol. The van der Waals surface area contributed by atoms with E-state index in [0.717, 1.165) is 12.0 Å². The molecule has 1 N–H and O–H groups in total. The summed E-state index contributed by atoms with van der Waals surface area (Å²) in [6.45, 7) is 1.50. The molecule has 0 unspecified atom stereocenters. The molecule has 1 amide bonds. The molecule has 1 heterocycles. The highest BCUT2D eigenvalue weighted by Gasteiger charge is 2.29. The van der Waals surface area contributed by atoms with Crippen LogP contribution in [-0.2, 0) is 11.2 Å². The number of halogens is 2. The number of hydrogen-bond donors (Lipinski definition) is 1. The van der Waals surface area contributed by atoms with Crippen molar-refractivity contribution in [3.8, 4) is 11.5 Å². The Morgan fingerprint density at radius 3 is 2.67 bits per heavy atom. The fourth-order valence-corrected chi connectivity index (χ4v) is 3.98. The zero-order chi connectivity index (χ0) is 23.4. The van der Waals surface area contributed by atoms with E-state index in [1.54, 1.807) is 43.3 Å². The van der Waals surface area contributed by atoms with Gasteiger partial charge in [0.25, 0.3) is 5.91 Å². The molecule has 1 aliphatic carbocycles. The van der Waals surface area contributed by atoms with Gasteiger partial charge >= 0.3 is 5.97 Å². The number of nitrogens with one attached hydrogen (secondary N) is 1. The Kier molecular flexibility index (Phi) is 7.01. The van der Waals surface area contributed by atoms with Gasteiger partial charge in [0, 0.05) is 22.6 Å². The van der Waals surface area contributed by atoms with Crippen LogP contribution in [0.4, 0.5) is 0 Å². The summed E-state index contributed by atoms with van der Waals surface area (Å²) in [5.41, 5.74) is 4.48. The molecule has 0 spiro atoms. The lowest BCUT2D eigenvalue weighted by Crippen LogP contribution is -2.27. The number of rotatable bonds is 6. The minimum Gasteiger partial charge on any atom is -0.482 e. The summed E-state index contributed by atoms with van der Waals surface area (Å²) in [4.78, 5) is 24.9. The Morgan fingerprint density at radius 1 is 1.12 bits per heavy atom. The number of benzene rings is 2. The number of para-hydroxylation sites is 1. The molecule has 0 bridgehead atoms.